The van der Waals surface area contributed by atoms with Crippen molar-refractivity contribution in [3.05, 3.63) is 95.6 Å². The summed E-state index contributed by atoms with van der Waals surface area (Å²) in [7, 11) is 1.55. The van der Waals surface area contributed by atoms with Gasteiger partial charge in [-0.3, -0.25) is 10.6 Å². The summed E-state index contributed by atoms with van der Waals surface area (Å²) in [5.74, 6) is 1.09. The van der Waals surface area contributed by atoms with E-state index in [1.54, 1.807) is 25.3 Å². The van der Waals surface area contributed by atoms with Gasteiger partial charge < -0.3 is 18.9 Å². The lowest BCUT2D eigenvalue weighted by Crippen LogP contribution is -2.41. The third-order valence-electron chi connectivity index (χ3n) is 6.48. The SMILES string of the molecule is CCCCCCCCCOc1ccc(C(NC(=O)OCc2ccccc2)NC(=O)OCc2ccccc2)cc1OC. The van der Waals surface area contributed by atoms with E-state index < -0.39 is 18.4 Å². The Labute approximate surface area is 243 Å². The van der Waals surface area contributed by atoms with Gasteiger partial charge in [0.15, 0.2) is 11.5 Å². The number of rotatable bonds is 17. The molecule has 0 aromatic heterocycles. The summed E-state index contributed by atoms with van der Waals surface area (Å²) in [4.78, 5) is 25.4. The standard InChI is InChI=1S/C33H42N2O6/c1-3-4-5-6-7-8-15-22-39-29-21-20-28(23-30(29)38-2)31(34-32(36)40-24-26-16-11-9-12-17-26)35-33(37)41-25-27-18-13-10-14-19-27/h9-14,16-21,23,31H,3-8,15,22,24-25H2,1-2H3,(H,34,36)(H,35,37). The number of ether oxygens (including phenoxy) is 4. The quantitative estimate of drug-likeness (QED) is 0.129. The number of amides is 2. The van der Waals surface area contributed by atoms with Crippen molar-refractivity contribution < 1.29 is 28.5 Å². The van der Waals surface area contributed by atoms with Crippen LogP contribution >= 0.6 is 0 Å². The summed E-state index contributed by atoms with van der Waals surface area (Å²) in [5.41, 5.74) is 2.26. The summed E-state index contributed by atoms with van der Waals surface area (Å²) in [5, 5.41) is 5.43. The Morgan fingerprint density at radius 1 is 0.683 bits per heavy atom. The molecule has 0 aliphatic carbocycles. The van der Waals surface area contributed by atoms with E-state index >= 15 is 0 Å². The van der Waals surface area contributed by atoms with Gasteiger partial charge in [-0.05, 0) is 35.2 Å². The molecule has 3 rings (SSSR count). The Morgan fingerprint density at radius 3 is 1.76 bits per heavy atom. The molecule has 2 N–H and O–H groups in total. The summed E-state index contributed by atoms with van der Waals surface area (Å²) < 4.78 is 22.3. The molecule has 0 saturated heterocycles. The normalized spacial score (nSPS) is 10.6. The Hall–Kier alpha value is -4.20. The fourth-order valence-corrected chi connectivity index (χ4v) is 4.19. The highest BCUT2D eigenvalue weighted by atomic mass is 16.6. The van der Waals surface area contributed by atoms with Gasteiger partial charge in [-0.2, -0.15) is 0 Å². The fraction of sp³-hybridized carbons (Fsp3) is 0.394. The lowest BCUT2D eigenvalue weighted by Gasteiger charge is -2.21. The van der Waals surface area contributed by atoms with Crippen molar-refractivity contribution in [2.24, 2.45) is 0 Å². The Morgan fingerprint density at radius 2 is 1.22 bits per heavy atom. The number of nitrogens with one attached hydrogen (secondary N) is 2. The predicted molar refractivity (Wildman–Crippen MR) is 159 cm³/mol. The molecular formula is C33H42N2O6. The van der Waals surface area contributed by atoms with Crippen LogP contribution in [0.2, 0.25) is 0 Å². The molecule has 0 aliphatic heterocycles. The van der Waals surface area contributed by atoms with Crippen molar-refractivity contribution in [1.29, 1.82) is 0 Å². The van der Waals surface area contributed by atoms with Gasteiger partial charge in [-0.15, -0.1) is 0 Å². The lowest BCUT2D eigenvalue weighted by molar-refractivity contribution is 0.122. The van der Waals surface area contributed by atoms with Crippen molar-refractivity contribution in [3.63, 3.8) is 0 Å². The molecule has 0 fully saturated rings. The van der Waals surface area contributed by atoms with E-state index in [-0.39, 0.29) is 13.2 Å². The van der Waals surface area contributed by atoms with Gasteiger partial charge in [0.05, 0.1) is 13.7 Å². The third-order valence-corrected chi connectivity index (χ3v) is 6.48. The Balaban J connectivity index is 1.62. The molecule has 220 valence electrons. The first kappa shape index (κ1) is 31.3. The number of carbonyl (C=O) groups is 2. The van der Waals surface area contributed by atoms with E-state index in [9.17, 15) is 9.59 Å². The first-order valence-corrected chi connectivity index (χ1v) is 14.3. The number of methoxy groups -OCH3 is 1. The largest absolute Gasteiger partial charge is 0.493 e. The van der Waals surface area contributed by atoms with E-state index in [1.165, 1.54) is 32.1 Å². The summed E-state index contributed by atoms with van der Waals surface area (Å²) in [6.45, 7) is 2.98. The van der Waals surface area contributed by atoms with Crippen molar-refractivity contribution in [2.75, 3.05) is 13.7 Å². The molecule has 0 radical (unpaired) electrons. The van der Waals surface area contributed by atoms with Crippen molar-refractivity contribution in [1.82, 2.24) is 10.6 Å². The van der Waals surface area contributed by atoms with Crippen LogP contribution in [0.1, 0.15) is 74.7 Å². The van der Waals surface area contributed by atoms with E-state index in [4.69, 9.17) is 18.9 Å². The van der Waals surface area contributed by atoms with Crippen LogP contribution in [0.15, 0.2) is 78.9 Å². The van der Waals surface area contributed by atoms with Crippen molar-refractivity contribution >= 4 is 12.2 Å². The highest BCUT2D eigenvalue weighted by molar-refractivity contribution is 5.71. The first-order chi connectivity index (χ1) is 20.1. The molecule has 0 heterocycles. The molecule has 0 saturated carbocycles. The van der Waals surface area contributed by atoms with Crippen LogP contribution in [-0.4, -0.2) is 25.9 Å². The molecule has 8 heteroatoms. The number of unbranched alkanes of at least 4 members (excludes halogenated alkanes) is 6. The number of alkyl carbamates (subject to hydrolysis) is 2. The van der Waals surface area contributed by atoms with Crippen LogP contribution in [0.4, 0.5) is 9.59 Å². The summed E-state index contributed by atoms with van der Waals surface area (Å²) >= 11 is 0. The zero-order valence-electron chi connectivity index (χ0n) is 24.1. The van der Waals surface area contributed by atoms with Crippen LogP contribution in [0.25, 0.3) is 0 Å². The summed E-state index contributed by atoms with van der Waals surface area (Å²) in [6, 6.07) is 24.0. The van der Waals surface area contributed by atoms with Crippen molar-refractivity contribution in [3.8, 4) is 11.5 Å². The fourth-order valence-electron chi connectivity index (χ4n) is 4.19. The molecular weight excluding hydrogens is 520 g/mol. The van der Waals surface area contributed by atoms with Gasteiger partial charge in [0.2, 0.25) is 0 Å². The lowest BCUT2D eigenvalue weighted by atomic mass is 10.1. The second-order valence-electron chi connectivity index (χ2n) is 9.73. The van der Waals surface area contributed by atoms with Crippen LogP contribution in [0.5, 0.6) is 11.5 Å². The highest BCUT2D eigenvalue weighted by Crippen LogP contribution is 2.30. The van der Waals surface area contributed by atoms with Gasteiger partial charge in [-0.25, -0.2) is 9.59 Å². The molecule has 0 bridgehead atoms. The minimum Gasteiger partial charge on any atom is -0.493 e. The maximum atomic E-state index is 12.7. The monoisotopic (exact) mass is 562 g/mol. The maximum absolute atomic E-state index is 12.7. The molecule has 2 amide bonds. The maximum Gasteiger partial charge on any atom is 0.409 e. The zero-order valence-corrected chi connectivity index (χ0v) is 24.1. The Bertz CT molecular complexity index is 1120. The Kier molecular flexibility index (Phi) is 13.9. The predicted octanol–water partition coefficient (Wildman–Crippen LogP) is 7.68. The average molecular weight is 563 g/mol. The number of hydrogen-bond donors (Lipinski definition) is 2. The van der Waals surface area contributed by atoms with Gasteiger partial charge in [0.25, 0.3) is 0 Å². The third kappa shape index (κ3) is 11.8. The van der Waals surface area contributed by atoms with E-state index in [0.29, 0.717) is 23.7 Å². The first-order valence-electron chi connectivity index (χ1n) is 14.3. The molecule has 3 aromatic rings. The molecule has 8 nitrogen and oxygen atoms in total. The molecule has 0 aliphatic rings. The van der Waals surface area contributed by atoms with Crippen LogP contribution < -0.4 is 20.1 Å². The van der Waals surface area contributed by atoms with E-state index in [1.807, 2.05) is 60.7 Å². The smallest absolute Gasteiger partial charge is 0.409 e. The molecule has 41 heavy (non-hydrogen) atoms. The van der Waals surface area contributed by atoms with Crippen LogP contribution in [0.3, 0.4) is 0 Å². The molecule has 0 spiro atoms. The molecule has 3 aromatic carbocycles. The van der Waals surface area contributed by atoms with Crippen LogP contribution in [0, 0.1) is 0 Å². The van der Waals surface area contributed by atoms with Gasteiger partial charge in [-0.1, -0.05) is 112 Å². The second-order valence-corrected chi connectivity index (χ2v) is 9.73. The summed E-state index contributed by atoms with van der Waals surface area (Å²) in [6.07, 6.45) is 6.05. The molecule has 0 unspecified atom stereocenters. The zero-order chi connectivity index (χ0) is 29.1. The molecule has 0 atom stereocenters. The van der Waals surface area contributed by atoms with Crippen LogP contribution in [-0.2, 0) is 22.7 Å². The van der Waals surface area contributed by atoms with Gasteiger partial charge in [0.1, 0.15) is 19.4 Å². The average Bonchev–Trinajstić information content (AvgIpc) is 3.01. The number of carbonyl (C=O) groups excluding carboxylic acids is 2. The van der Waals surface area contributed by atoms with Crippen molar-refractivity contribution in [2.45, 2.75) is 71.2 Å². The second kappa shape index (κ2) is 18.2. The topological polar surface area (TPSA) is 95.1 Å². The number of hydrogen-bond acceptors (Lipinski definition) is 6. The number of benzene rings is 3. The van der Waals surface area contributed by atoms with E-state index in [0.717, 1.165) is 24.0 Å². The van der Waals surface area contributed by atoms with Gasteiger partial charge in [0, 0.05) is 0 Å². The minimum absolute atomic E-state index is 0.0898. The van der Waals surface area contributed by atoms with E-state index in [2.05, 4.69) is 17.6 Å². The minimum atomic E-state index is -0.937. The highest BCUT2D eigenvalue weighted by Gasteiger charge is 2.21. The van der Waals surface area contributed by atoms with Gasteiger partial charge >= 0.3 is 12.2 Å².